The molecule has 44 heavy (non-hydrogen) atoms. The molecule has 0 aliphatic rings. The van der Waals surface area contributed by atoms with E-state index in [1.807, 2.05) is 0 Å². The minimum atomic E-state index is -4.33. The van der Waals surface area contributed by atoms with E-state index in [1.165, 1.54) is 12.1 Å². The quantitative estimate of drug-likeness (QED) is 0.139. The lowest BCUT2D eigenvalue weighted by Gasteiger charge is -2.13. The highest BCUT2D eigenvalue weighted by Crippen LogP contribution is 2.41. The first-order valence-electron chi connectivity index (χ1n) is 14.5. The molecule has 0 aromatic heterocycles. The second-order valence-electron chi connectivity index (χ2n) is 10.5. The predicted octanol–water partition coefficient (Wildman–Crippen LogP) is 10.8. The molecule has 1 amide bonds. The van der Waals surface area contributed by atoms with Gasteiger partial charge in [-0.1, -0.05) is 85.3 Å². The van der Waals surface area contributed by atoms with Crippen LogP contribution in [0.2, 0.25) is 10.0 Å². The highest BCUT2D eigenvalue weighted by Gasteiger charge is 2.29. The van der Waals surface area contributed by atoms with Crippen LogP contribution in [0.4, 0.5) is 13.2 Å². The fourth-order valence-electron chi connectivity index (χ4n) is 4.82. The number of ether oxygens (including phenoxy) is 1. The van der Waals surface area contributed by atoms with Crippen LogP contribution in [-0.2, 0) is 22.6 Å². The molecule has 4 aromatic rings. The Kier molecular flexibility index (Phi) is 12.1. The van der Waals surface area contributed by atoms with Crippen molar-refractivity contribution in [3.8, 4) is 28.0 Å². The Hall–Kier alpha value is -3.52. The van der Waals surface area contributed by atoms with Gasteiger partial charge in [0.25, 0.3) is 5.91 Å². The van der Waals surface area contributed by atoms with Crippen molar-refractivity contribution in [2.45, 2.75) is 51.3 Å². The number of halogens is 5. The van der Waals surface area contributed by atoms with Crippen molar-refractivity contribution < 1.29 is 27.8 Å². The number of hydrogen-bond acceptors (Lipinski definition) is 2. The molecule has 4 nitrogen and oxygen atoms in total. The van der Waals surface area contributed by atoms with Crippen LogP contribution >= 0.6 is 23.2 Å². The van der Waals surface area contributed by atoms with Crippen molar-refractivity contribution >= 4 is 29.1 Å². The molecule has 231 valence electrons. The summed E-state index contributed by atoms with van der Waals surface area (Å²) in [5.74, 6) is -0.474. The van der Waals surface area contributed by atoms with Gasteiger partial charge in [-0.15, -0.1) is 0 Å². The third-order valence-corrected chi connectivity index (χ3v) is 7.64. The summed E-state index contributed by atoms with van der Waals surface area (Å²) in [7, 11) is 0. The number of carbonyl (C=O) groups excluding carboxylic acids is 1. The number of nitrogens with one attached hydrogen (secondary N) is 1. The summed E-state index contributed by atoms with van der Waals surface area (Å²) >= 11 is 12.4. The summed E-state index contributed by atoms with van der Waals surface area (Å²) < 4.78 is 43.5. The minimum absolute atomic E-state index is 0.212. The maximum Gasteiger partial charge on any atom is 0.416 e. The third-order valence-electron chi connectivity index (χ3n) is 7.17. The molecule has 0 unspecified atom stereocenters. The second-order valence-corrected chi connectivity index (χ2v) is 11.4. The molecule has 1 N–H and O–H groups in total. The Bertz CT molecular complexity index is 1470. The largest absolute Gasteiger partial charge is 0.416 e. The average molecular weight is 644 g/mol. The van der Waals surface area contributed by atoms with Crippen molar-refractivity contribution in [3.05, 3.63) is 112 Å². The average Bonchev–Trinajstić information content (AvgIpc) is 2.99. The second kappa shape index (κ2) is 16.0. The number of carbonyl (C=O) groups is 1. The first-order chi connectivity index (χ1) is 21.1. The Morgan fingerprint density at radius 3 is 1.82 bits per heavy atom. The summed E-state index contributed by atoms with van der Waals surface area (Å²) in [6.07, 6.45) is 1.33. The van der Waals surface area contributed by atoms with Crippen LogP contribution in [0.5, 0.6) is 5.75 Å². The number of amides is 1. The van der Waals surface area contributed by atoms with Crippen molar-refractivity contribution in [2.24, 2.45) is 0 Å². The maximum atomic E-state index is 13.5. The van der Waals surface area contributed by atoms with Gasteiger partial charge >= 0.3 is 6.18 Å². The summed E-state index contributed by atoms with van der Waals surface area (Å²) in [6.45, 7) is 1.34. The van der Waals surface area contributed by atoms with Gasteiger partial charge in [0, 0.05) is 39.9 Å². The minimum Gasteiger partial charge on any atom is -0.377 e. The molecule has 1 radical (unpaired) electrons. The van der Waals surface area contributed by atoms with E-state index in [1.54, 1.807) is 60.7 Å². The van der Waals surface area contributed by atoms with E-state index >= 15 is 0 Å². The van der Waals surface area contributed by atoms with Crippen LogP contribution < -0.4 is 5.32 Å². The van der Waals surface area contributed by atoms with E-state index in [-0.39, 0.29) is 18.3 Å². The zero-order valence-corrected chi connectivity index (χ0v) is 25.6. The molecule has 0 aliphatic heterocycles. The van der Waals surface area contributed by atoms with Gasteiger partial charge in [0.2, 0.25) is 0 Å². The van der Waals surface area contributed by atoms with Crippen LogP contribution in [0.3, 0.4) is 0 Å². The lowest BCUT2D eigenvalue weighted by Crippen LogP contribution is -2.24. The lowest BCUT2D eigenvalue weighted by atomic mass is 9.94. The Morgan fingerprint density at radius 1 is 0.727 bits per heavy atom. The molecule has 0 saturated heterocycles. The fraction of sp³-hybridized carbons (Fsp3) is 0.286. The monoisotopic (exact) mass is 642 g/mol. The normalized spacial score (nSPS) is 11.5. The standard InChI is InChI=1S/C35H33Cl2F3NO3/c36-29-11-7-9-25(19-29)31-21-27(22-32(33(31)42)26-10-8-12-30(37)20-26)34(43)41-17-5-3-1-2-4-6-18-44-23-24-13-15-28(16-14-24)35(38,39)40/h7-16,19-22H,1-6,17-18,23H2,(H,41,43). The summed E-state index contributed by atoms with van der Waals surface area (Å²) in [6, 6.07) is 22.2. The van der Waals surface area contributed by atoms with Gasteiger partial charge < -0.3 is 10.1 Å². The zero-order valence-electron chi connectivity index (χ0n) is 24.1. The van der Waals surface area contributed by atoms with Gasteiger partial charge in [-0.05, 0) is 78.1 Å². The molecule has 4 aromatic carbocycles. The van der Waals surface area contributed by atoms with Crippen molar-refractivity contribution in [1.82, 2.24) is 5.32 Å². The van der Waals surface area contributed by atoms with E-state index in [0.717, 1.165) is 50.7 Å². The molecule has 0 fully saturated rings. The van der Waals surface area contributed by atoms with E-state index in [9.17, 15) is 23.1 Å². The molecule has 0 heterocycles. The maximum absolute atomic E-state index is 13.5. The predicted molar refractivity (Wildman–Crippen MR) is 169 cm³/mol. The van der Waals surface area contributed by atoms with Gasteiger partial charge in [-0.2, -0.15) is 13.2 Å². The summed E-state index contributed by atoms with van der Waals surface area (Å²) in [4.78, 5) is 13.1. The number of rotatable bonds is 14. The molecule has 0 spiro atoms. The van der Waals surface area contributed by atoms with E-state index in [2.05, 4.69) is 5.32 Å². The topological polar surface area (TPSA) is 58.2 Å². The SMILES string of the molecule is [O]c1c(-c2cccc(Cl)c2)cc(C(=O)NCCCCCCCCOCc2ccc(C(F)(F)F)cc2)cc1-c1cccc(Cl)c1. The van der Waals surface area contributed by atoms with Crippen LogP contribution in [0.25, 0.3) is 22.3 Å². The van der Waals surface area contributed by atoms with Crippen molar-refractivity contribution in [2.75, 3.05) is 13.2 Å². The van der Waals surface area contributed by atoms with E-state index in [4.69, 9.17) is 27.9 Å². The number of alkyl halides is 3. The zero-order chi connectivity index (χ0) is 31.5. The van der Waals surface area contributed by atoms with Gasteiger partial charge in [0.05, 0.1) is 12.2 Å². The smallest absolute Gasteiger partial charge is 0.377 e. The molecule has 9 heteroatoms. The Labute approximate surface area is 265 Å². The summed E-state index contributed by atoms with van der Waals surface area (Å²) in [5.41, 5.74) is 2.47. The van der Waals surface area contributed by atoms with E-state index < -0.39 is 11.7 Å². The summed E-state index contributed by atoms with van der Waals surface area (Å²) in [5, 5.41) is 17.4. The molecule has 0 atom stereocenters. The van der Waals surface area contributed by atoms with Gasteiger partial charge in [-0.3, -0.25) is 9.90 Å². The first-order valence-corrected chi connectivity index (χ1v) is 15.3. The van der Waals surface area contributed by atoms with Crippen molar-refractivity contribution in [3.63, 3.8) is 0 Å². The van der Waals surface area contributed by atoms with Gasteiger partial charge in [-0.25, -0.2) is 0 Å². The van der Waals surface area contributed by atoms with Gasteiger partial charge in [0.1, 0.15) is 0 Å². The van der Waals surface area contributed by atoms with Crippen LogP contribution in [0.1, 0.15) is 60.0 Å². The number of hydrogen-bond donors (Lipinski definition) is 1. The molecule has 0 saturated carbocycles. The molecule has 0 bridgehead atoms. The highest BCUT2D eigenvalue weighted by atomic mass is 35.5. The lowest BCUT2D eigenvalue weighted by molar-refractivity contribution is -0.137. The Balaban J connectivity index is 1.21. The molecule has 4 rings (SSSR count). The number of unbranched alkanes of at least 4 members (excludes halogenated alkanes) is 5. The van der Waals surface area contributed by atoms with Crippen LogP contribution in [0.15, 0.2) is 84.9 Å². The van der Waals surface area contributed by atoms with Crippen LogP contribution in [0, 0.1) is 0 Å². The Morgan fingerprint density at radius 2 is 1.27 bits per heavy atom. The molecular weight excluding hydrogens is 610 g/mol. The van der Waals surface area contributed by atoms with E-state index in [0.29, 0.717) is 56.6 Å². The van der Waals surface area contributed by atoms with Gasteiger partial charge in [0.15, 0.2) is 5.75 Å². The third kappa shape index (κ3) is 9.74. The van der Waals surface area contributed by atoms with Crippen molar-refractivity contribution in [1.29, 1.82) is 0 Å². The fourth-order valence-corrected chi connectivity index (χ4v) is 5.20. The van der Waals surface area contributed by atoms with Crippen LogP contribution in [-0.4, -0.2) is 19.1 Å². The number of benzene rings is 4. The highest BCUT2D eigenvalue weighted by molar-refractivity contribution is 6.31. The molecule has 0 aliphatic carbocycles. The molecular formula is C35H33Cl2F3NO3. The first kappa shape index (κ1) is 33.4.